The Labute approximate surface area is 97.2 Å². The minimum absolute atomic E-state index is 0.119. The van der Waals surface area contributed by atoms with Gasteiger partial charge in [-0.05, 0) is 45.3 Å². The van der Waals surface area contributed by atoms with Gasteiger partial charge in [0.15, 0.2) is 0 Å². The van der Waals surface area contributed by atoms with Gasteiger partial charge in [0.05, 0.1) is 12.5 Å². The first-order valence-corrected chi connectivity index (χ1v) is 6.44. The molecule has 0 aromatic rings. The van der Waals surface area contributed by atoms with Crippen molar-refractivity contribution in [2.24, 2.45) is 0 Å². The molecular formula is C12H22N2O2. The Morgan fingerprint density at radius 1 is 1.19 bits per heavy atom. The van der Waals surface area contributed by atoms with Crippen LogP contribution in [0.1, 0.15) is 32.1 Å². The van der Waals surface area contributed by atoms with Gasteiger partial charge in [-0.3, -0.25) is 4.79 Å². The third kappa shape index (κ3) is 3.19. The molecule has 2 heterocycles. The molecule has 2 aliphatic rings. The molecule has 2 saturated heterocycles. The van der Waals surface area contributed by atoms with Crippen LogP contribution in [0.2, 0.25) is 0 Å². The van der Waals surface area contributed by atoms with Crippen LogP contribution in [0, 0.1) is 0 Å². The van der Waals surface area contributed by atoms with Crippen LogP contribution in [0.25, 0.3) is 0 Å². The highest BCUT2D eigenvalue weighted by Gasteiger charge is 2.27. The number of rotatable bonds is 5. The van der Waals surface area contributed by atoms with E-state index in [9.17, 15) is 9.90 Å². The lowest BCUT2D eigenvalue weighted by Crippen LogP contribution is -2.28. The van der Waals surface area contributed by atoms with E-state index in [4.69, 9.17) is 0 Å². The summed E-state index contributed by atoms with van der Waals surface area (Å²) in [6.45, 7) is 5.04. The second-order valence-corrected chi connectivity index (χ2v) is 4.95. The number of carbonyl (C=O) groups is 1. The molecule has 0 aromatic heterocycles. The van der Waals surface area contributed by atoms with E-state index >= 15 is 0 Å². The van der Waals surface area contributed by atoms with Crippen LogP contribution in [0.4, 0.5) is 0 Å². The summed E-state index contributed by atoms with van der Waals surface area (Å²) in [7, 11) is 0. The molecule has 0 aliphatic carbocycles. The van der Waals surface area contributed by atoms with Crippen molar-refractivity contribution in [1.82, 2.24) is 9.80 Å². The van der Waals surface area contributed by atoms with Crippen molar-refractivity contribution in [2.75, 3.05) is 32.7 Å². The van der Waals surface area contributed by atoms with Crippen molar-refractivity contribution in [3.05, 3.63) is 0 Å². The Kier molecular flexibility index (Phi) is 4.18. The third-order valence-corrected chi connectivity index (χ3v) is 3.55. The summed E-state index contributed by atoms with van der Waals surface area (Å²) >= 11 is 0. The van der Waals surface area contributed by atoms with Crippen molar-refractivity contribution in [3.63, 3.8) is 0 Å². The van der Waals surface area contributed by atoms with E-state index in [-0.39, 0.29) is 5.91 Å². The molecule has 0 radical (unpaired) electrons. The number of likely N-dealkylation sites (tertiary alicyclic amines) is 2. The molecule has 2 fully saturated rings. The second kappa shape index (κ2) is 5.64. The van der Waals surface area contributed by atoms with Crippen molar-refractivity contribution < 1.29 is 9.90 Å². The molecule has 0 aromatic carbocycles. The predicted octanol–water partition coefficient (Wildman–Crippen LogP) is 0.456. The summed E-state index contributed by atoms with van der Waals surface area (Å²) in [5.74, 6) is 0.119. The first-order chi connectivity index (χ1) is 7.75. The average molecular weight is 226 g/mol. The highest BCUT2D eigenvalue weighted by molar-refractivity contribution is 5.78. The minimum Gasteiger partial charge on any atom is -0.391 e. The zero-order valence-electron chi connectivity index (χ0n) is 9.90. The molecule has 2 rings (SSSR count). The summed E-state index contributed by atoms with van der Waals surface area (Å²) in [4.78, 5) is 15.7. The molecule has 1 N–H and O–H groups in total. The molecule has 4 heteroatoms. The number of hydrogen-bond donors (Lipinski definition) is 1. The van der Waals surface area contributed by atoms with E-state index < -0.39 is 6.10 Å². The highest BCUT2D eigenvalue weighted by Crippen LogP contribution is 2.12. The third-order valence-electron chi connectivity index (χ3n) is 3.55. The van der Waals surface area contributed by atoms with Gasteiger partial charge in [0.25, 0.3) is 0 Å². The average Bonchev–Trinajstić information content (AvgIpc) is 2.84. The number of amides is 1. The van der Waals surface area contributed by atoms with E-state index in [1.54, 1.807) is 4.90 Å². The summed E-state index contributed by atoms with van der Waals surface area (Å²) in [5, 5.41) is 9.33. The number of carbonyl (C=O) groups excluding carboxylic acids is 1. The number of β-amino-alcohol motifs (C(OH)–C–C–N with tert-alkyl or cyclic N) is 1. The maximum absolute atomic E-state index is 11.4. The molecule has 1 atom stereocenters. The number of aliphatic hydroxyl groups is 1. The first-order valence-electron chi connectivity index (χ1n) is 6.44. The summed E-state index contributed by atoms with van der Waals surface area (Å²) in [5.41, 5.74) is 0. The lowest BCUT2D eigenvalue weighted by Gasteiger charge is -2.17. The monoisotopic (exact) mass is 226 g/mol. The fourth-order valence-corrected chi connectivity index (χ4v) is 2.61. The largest absolute Gasteiger partial charge is 0.391 e. The molecule has 16 heavy (non-hydrogen) atoms. The minimum atomic E-state index is -0.425. The maximum Gasteiger partial charge on any atom is 0.225 e. The van der Waals surface area contributed by atoms with Crippen LogP contribution in [0.15, 0.2) is 0 Å². The van der Waals surface area contributed by atoms with Crippen LogP contribution in [0.5, 0.6) is 0 Å². The first kappa shape index (κ1) is 11.9. The van der Waals surface area contributed by atoms with E-state index in [1.165, 1.54) is 38.9 Å². The molecule has 4 nitrogen and oxygen atoms in total. The standard InChI is InChI=1S/C12H22N2O2/c15-11-9-12(16)14(10-11)8-4-3-7-13-5-1-2-6-13/h11,15H,1-10H2. The number of hydrogen-bond acceptors (Lipinski definition) is 3. The highest BCUT2D eigenvalue weighted by atomic mass is 16.3. The van der Waals surface area contributed by atoms with Gasteiger partial charge in [-0.1, -0.05) is 0 Å². The molecule has 0 spiro atoms. The topological polar surface area (TPSA) is 43.8 Å². The summed E-state index contributed by atoms with van der Waals surface area (Å²) in [6, 6.07) is 0. The Hall–Kier alpha value is -0.610. The van der Waals surface area contributed by atoms with Crippen molar-refractivity contribution in [1.29, 1.82) is 0 Å². The Morgan fingerprint density at radius 2 is 1.88 bits per heavy atom. The van der Waals surface area contributed by atoms with Crippen molar-refractivity contribution in [3.8, 4) is 0 Å². The fraction of sp³-hybridized carbons (Fsp3) is 0.917. The summed E-state index contributed by atoms with van der Waals surface area (Å²) in [6.07, 6.45) is 4.82. The van der Waals surface area contributed by atoms with Crippen LogP contribution in [0.3, 0.4) is 0 Å². The molecule has 1 unspecified atom stereocenters. The van der Waals surface area contributed by atoms with Gasteiger partial charge in [0, 0.05) is 13.1 Å². The Morgan fingerprint density at radius 3 is 2.50 bits per heavy atom. The van der Waals surface area contributed by atoms with Crippen LogP contribution in [-0.2, 0) is 4.79 Å². The lowest BCUT2D eigenvalue weighted by atomic mass is 10.3. The van der Waals surface area contributed by atoms with Crippen LogP contribution >= 0.6 is 0 Å². The smallest absolute Gasteiger partial charge is 0.225 e. The molecule has 2 aliphatic heterocycles. The zero-order valence-corrected chi connectivity index (χ0v) is 9.90. The van der Waals surface area contributed by atoms with E-state index in [0.717, 1.165) is 13.0 Å². The predicted molar refractivity (Wildman–Crippen MR) is 62.1 cm³/mol. The van der Waals surface area contributed by atoms with Crippen LogP contribution < -0.4 is 0 Å². The summed E-state index contributed by atoms with van der Waals surface area (Å²) < 4.78 is 0. The van der Waals surface area contributed by atoms with Gasteiger partial charge < -0.3 is 14.9 Å². The number of nitrogens with zero attached hydrogens (tertiary/aromatic N) is 2. The van der Waals surface area contributed by atoms with Gasteiger partial charge >= 0.3 is 0 Å². The van der Waals surface area contributed by atoms with Gasteiger partial charge in [0.2, 0.25) is 5.91 Å². The maximum atomic E-state index is 11.4. The number of aliphatic hydroxyl groups excluding tert-OH is 1. The fourth-order valence-electron chi connectivity index (χ4n) is 2.61. The quantitative estimate of drug-likeness (QED) is 0.692. The van der Waals surface area contributed by atoms with Gasteiger partial charge in [-0.2, -0.15) is 0 Å². The van der Waals surface area contributed by atoms with Gasteiger partial charge in [0.1, 0.15) is 0 Å². The normalized spacial score (nSPS) is 26.9. The molecule has 0 bridgehead atoms. The van der Waals surface area contributed by atoms with E-state index in [1.807, 2.05) is 0 Å². The molecule has 92 valence electrons. The Bertz CT molecular complexity index is 239. The van der Waals surface area contributed by atoms with Gasteiger partial charge in [-0.15, -0.1) is 0 Å². The van der Waals surface area contributed by atoms with Crippen LogP contribution in [-0.4, -0.2) is 59.6 Å². The number of unbranched alkanes of at least 4 members (excludes halogenated alkanes) is 1. The van der Waals surface area contributed by atoms with Gasteiger partial charge in [-0.25, -0.2) is 0 Å². The second-order valence-electron chi connectivity index (χ2n) is 4.95. The molecule has 0 saturated carbocycles. The Balaban J connectivity index is 1.55. The molecular weight excluding hydrogens is 204 g/mol. The van der Waals surface area contributed by atoms with Crippen molar-refractivity contribution in [2.45, 2.75) is 38.2 Å². The SMILES string of the molecule is O=C1CC(O)CN1CCCCN1CCCC1. The lowest BCUT2D eigenvalue weighted by molar-refractivity contribution is -0.127. The zero-order chi connectivity index (χ0) is 11.4. The van der Waals surface area contributed by atoms with E-state index in [2.05, 4.69) is 4.90 Å². The van der Waals surface area contributed by atoms with Crippen molar-refractivity contribution >= 4 is 5.91 Å². The van der Waals surface area contributed by atoms with E-state index in [0.29, 0.717) is 13.0 Å². The molecule has 1 amide bonds.